The summed E-state index contributed by atoms with van der Waals surface area (Å²) in [7, 11) is 0. The Balaban J connectivity index is 4.11. The van der Waals surface area contributed by atoms with Gasteiger partial charge in [-0.15, -0.1) is 0 Å². The van der Waals surface area contributed by atoms with Crippen LogP contribution in [0.2, 0.25) is 0 Å². The summed E-state index contributed by atoms with van der Waals surface area (Å²) < 4.78 is 10.5. The van der Waals surface area contributed by atoms with Crippen LogP contribution in [0.3, 0.4) is 0 Å². The van der Waals surface area contributed by atoms with Crippen molar-refractivity contribution in [1.29, 1.82) is 0 Å². The lowest BCUT2D eigenvalue weighted by Gasteiger charge is -2.21. The van der Waals surface area contributed by atoms with E-state index in [9.17, 15) is 9.59 Å². The molecule has 0 radical (unpaired) electrons. The van der Waals surface area contributed by atoms with Crippen LogP contribution in [-0.4, -0.2) is 73.1 Å². The molecule has 2 N–H and O–H groups in total. The molecule has 0 aliphatic rings. The molecule has 7 nitrogen and oxygen atoms in total. The smallest absolute Gasteiger partial charge is 0.328 e. The highest BCUT2D eigenvalue weighted by molar-refractivity contribution is 5.93. The lowest BCUT2D eigenvalue weighted by atomic mass is 10.1. The van der Waals surface area contributed by atoms with Crippen molar-refractivity contribution < 1.29 is 29.3 Å². The Kier molecular flexibility index (Phi) is 16.4. The van der Waals surface area contributed by atoms with E-state index in [-0.39, 0.29) is 19.1 Å². The zero-order chi connectivity index (χ0) is 18.8. The quantitative estimate of drug-likeness (QED) is 0.304. The SMILES string of the molecule is CCCCCCCCN(CCOCCOCCO)C(=O)/C=C\C(=O)O. The molecule has 25 heavy (non-hydrogen) atoms. The number of rotatable bonds is 17. The number of nitrogens with zero attached hydrogens (tertiary/aromatic N) is 1. The van der Waals surface area contributed by atoms with E-state index in [1.54, 1.807) is 4.90 Å². The minimum atomic E-state index is -1.13. The Morgan fingerprint density at radius 3 is 2.16 bits per heavy atom. The van der Waals surface area contributed by atoms with Gasteiger partial charge in [0.05, 0.1) is 33.0 Å². The summed E-state index contributed by atoms with van der Waals surface area (Å²) in [6, 6.07) is 0. The number of amides is 1. The molecule has 0 aliphatic heterocycles. The summed E-state index contributed by atoms with van der Waals surface area (Å²) in [5.74, 6) is -1.44. The number of aliphatic hydroxyl groups excluding tert-OH is 1. The van der Waals surface area contributed by atoms with E-state index >= 15 is 0 Å². The first kappa shape index (κ1) is 23.6. The third-order valence-electron chi connectivity index (χ3n) is 3.57. The molecule has 0 atom stereocenters. The number of carbonyl (C=O) groups excluding carboxylic acids is 1. The molecule has 0 rings (SSSR count). The summed E-state index contributed by atoms with van der Waals surface area (Å²) in [6.07, 6.45) is 8.70. The van der Waals surface area contributed by atoms with Crippen LogP contribution in [0.4, 0.5) is 0 Å². The van der Waals surface area contributed by atoms with E-state index in [2.05, 4.69) is 6.92 Å². The predicted octanol–water partition coefficient (Wildman–Crippen LogP) is 1.84. The average Bonchev–Trinajstić information content (AvgIpc) is 2.59. The first-order valence-corrected chi connectivity index (χ1v) is 9.08. The van der Waals surface area contributed by atoms with E-state index in [4.69, 9.17) is 19.7 Å². The van der Waals surface area contributed by atoms with Crippen LogP contribution < -0.4 is 0 Å². The third kappa shape index (κ3) is 15.8. The van der Waals surface area contributed by atoms with Gasteiger partial charge < -0.3 is 24.6 Å². The molecule has 7 heteroatoms. The first-order chi connectivity index (χ1) is 12.1. The van der Waals surface area contributed by atoms with Crippen LogP contribution in [0.15, 0.2) is 12.2 Å². The van der Waals surface area contributed by atoms with Gasteiger partial charge in [-0.2, -0.15) is 0 Å². The van der Waals surface area contributed by atoms with Crippen LogP contribution in [-0.2, 0) is 19.1 Å². The monoisotopic (exact) mass is 359 g/mol. The second-order valence-corrected chi connectivity index (χ2v) is 5.71. The van der Waals surface area contributed by atoms with Crippen molar-refractivity contribution in [3.05, 3.63) is 12.2 Å². The van der Waals surface area contributed by atoms with Crippen LogP contribution in [0.5, 0.6) is 0 Å². The van der Waals surface area contributed by atoms with E-state index in [0.29, 0.717) is 32.9 Å². The van der Waals surface area contributed by atoms with Crippen molar-refractivity contribution >= 4 is 11.9 Å². The van der Waals surface area contributed by atoms with Gasteiger partial charge in [-0.25, -0.2) is 4.79 Å². The Labute approximate surface area is 150 Å². The molecule has 146 valence electrons. The zero-order valence-corrected chi connectivity index (χ0v) is 15.3. The molecular weight excluding hydrogens is 326 g/mol. The molecule has 0 spiro atoms. The zero-order valence-electron chi connectivity index (χ0n) is 15.3. The van der Waals surface area contributed by atoms with E-state index < -0.39 is 5.97 Å². The molecule has 0 aromatic carbocycles. The Morgan fingerprint density at radius 2 is 1.52 bits per heavy atom. The normalized spacial score (nSPS) is 11.1. The van der Waals surface area contributed by atoms with Gasteiger partial charge in [-0.1, -0.05) is 39.0 Å². The number of carbonyl (C=O) groups is 2. The van der Waals surface area contributed by atoms with Gasteiger partial charge in [0, 0.05) is 25.2 Å². The molecule has 0 heterocycles. The van der Waals surface area contributed by atoms with Crippen LogP contribution >= 0.6 is 0 Å². The highest BCUT2D eigenvalue weighted by Crippen LogP contribution is 2.06. The van der Waals surface area contributed by atoms with Crippen molar-refractivity contribution in [2.24, 2.45) is 0 Å². The van der Waals surface area contributed by atoms with Gasteiger partial charge in [0.25, 0.3) is 0 Å². The number of carboxylic acids is 1. The summed E-state index contributed by atoms with van der Waals surface area (Å²) >= 11 is 0. The topological polar surface area (TPSA) is 96.3 Å². The Bertz CT molecular complexity index is 373. The second kappa shape index (κ2) is 17.4. The van der Waals surface area contributed by atoms with E-state index in [1.165, 1.54) is 19.3 Å². The Morgan fingerprint density at radius 1 is 0.880 bits per heavy atom. The fourth-order valence-corrected chi connectivity index (χ4v) is 2.22. The molecule has 0 bridgehead atoms. The maximum absolute atomic E-state index is 12.1. The van der Waals surface area contributed by atoms with Crippen molar-refractivity contribution in [3.63, 3.8) is 0 Å². The van der Waals surface area contributed by atoms with Gasteiger partial charge in [0.15, 0.2) is 0 Å². The largest absolute Gasteiger partial charge is 0.478 e. The summed E-state index contributed by atoms with van der Waals surface area (Å²) in [5.41, 5.74) is 0. The number of aliphatic carboxylic acids is 1. The van der Waals surface area contributed by atoms with Crippen molar-refractivity contribution in [3.8, 4) is 0 Å². The standard InChI is InChI=1S/C18H33NO6/c1-2-3-4-5-6-7-10-19(17(21)8-9-18(22)23)11-13-24-15-16-25-14-12-20/h8-9,20H,2-7,10-16H2,1H3,(H,22,23)/b9-8-. The molecular formula is C18H33NO6. The number of aliphatic hydroxyl groups is 1. The van der Waals surface area contributed by atoms with Gasteiger partial charge >= 0.3 is 5.97 Å². The number of hydrogen-bond donors (Lipinski definition) is 2. The number of hydrogen-bond acceptors (Lipinski definition) is 5. The molecule has 0 aromatic heterocycles. The van der Waals surface area contributed by atoms with Gasteiger partial charge in [-0.3, -0.25) is 4.79 Å². The fourth-order valence-electron chi connectivity index (χ4n) is 2.22. The second-order valence-electron chi connectivity index (χ2n) is 5.71. The van der Waals surface area contributed by atoms with Gasteiger partial charge in [0.1, 0.15) is 0 Å². The maximum Gasteiger partial charge on any atom is 0.328 e. The first-order valence-electron chi connectivity index (χ1n) is 9.08. The lowest BCUT2D eigenvalue weighted by Crippen LogP contribution is -2.34. The number of ether oxygens (including phenoxy) is 2. The number of unbranched alkanes of at least 4 members (excludes halogenated alkanes) is 5. The minimum Gasteiger partial charge on any atom is -0.478 e. The fraction of sp³-hybridized carbons (Fsp3) is 0.778. The molecule has 0 saturated heterocycles. The van der Waals surface area contributed by atoms with Crippen molar-refractivity contribution in [2.75, 3.05) is 46.1 Å². The molecule has 1 amide bonds. The van der Waals surface area contributed by atoms with Crippen LogP contribution in [0.25, 0.3) is 0 Å². The molecule has 0 aliphatic carbocycles. The molecule has 0 unspecified atom stereocenters. The Hall–Kier alpha value is -1.44. The van der Waals surface area contributed by atoms with Crippen molar-refractivity contribution in [2.45, 2.75) is 45.4 Å². The average molecular weight is 359 g/mol. The highest BCUT2D eigenvalue weighted by Gasteiger charge is 2.10. The van der Waals surface area contributed by atoms with E-state index in [0.717, 1.165) is 31.4 Å². The molecule has 0 fully saturated rings. The third-order valence-corrected chi connectivity index (χ3v) is 3.57. The summed E-state index contributed by atoms with van der Waals surface area (Å²) in [5, 5.41) is 17.2. The van der Waals surface area contributed by atoms with Crippen LogP contribution in [0.1, 0.15) is 45.4 Å². The number of carboxylic acid groups (broad SMARTS) is 1. The molecule has 0 aromatic rings. The minimum absolute atomic E-state index is 0.0174. The molecule has 0 saturated carbocycles. The lowest BCUT2D eigenvalue weighted by molar-refractivity contribution is -0.132. The van der Waals surface area contributed by atoms with Gasteiger partial charge in [0.2, 0.25) is 5.91 Å². The summed E-state index contributed by atoms with van der Waals surface area (Å²) in [6.45, 7) is 4.60. The van der Waals surface area contributed by atoms with Gasteiger partial charge in [-0.05, 0) is 6.42 Å². The maximum atomic E-state index is 12.1. The van der Waals surface area contributed by atoms with E-state index in [1.807, 2.05) is 0 Å². The van der Waals surface area contributed by atoms with Crippen molar-refractivity contribution in [1.82, 2.24) is 4.90 Å². The predicted molar refractivity (Wildman–Crippen MR) is 95.5 cm³/mol. The van der Waals surface area contributed by atoms with Crippen LogP contribution in [0, 0.1) is 0 Å². The summed E-state index contributed by atoms with van der Waals surface area (Å²) in [4.78, 5) is 24.3. The highest BCUT2D eigenvalue weighted by atomic mass is 16.5.